The Morgan fingerprint density at radius 2 is 1.73 bits per heavy atom. The maximum Gasteiger partial charge on any atom is 0.328 e. The maximum absolute atomic E-state index is 12.3. The molecule has 1 aromatic rings. The zero-order valence-electron chi connectivity index (χ0n) is 14.9. The van der Waals surface area contributed by atoms with Crippen molar-refractivity contribution in [2.75, 3.05) is 25.1 Å². The Hall–Kier alpha value is -2.90. The van der Waals surface area contributed by atoms with Gasteiger partial charge in [-0.05, 0) is 44.5 Å². The van der Waals surface area contributed by atoms with Crippen LogP contribution in [0.4, 0.5) is 5.69 Å². The first-order valence-corrected chi connectivity index (χ1v) is 8.42. The Balaban J connectivity index is 2.72. The number of hydrogen-bond donors (Lipinski definition) is 2. The third-order valence-electron chi connectivity index (χ3n) is 3.36. The summed E-state index contributed by atoms with van der Waals surface area (Å²) in [5.41, 5.74) is 1.03. The summed E-state index contributed by atoms with van der Waals surface area (Å²) >= 11 is 0. The lowest BCUT2D eigenvalue weighted by Gasteiger charge is -2.17. The number of carbonyl (C=O) groups is 4. The van der Waals surface area contributed by atoms with Crippen molar-refractivity contribution in [3.63, 3.8) is 0 Å². The first kappa shape index (κ1) is 21.1. The summed E-state index contributed by atoms with van der Waals surface area (Å²) in [6, 6.07) is 5.48. The summed E-state index contributed by atoms with van der Waals surface area (Å²) < 4.78 is 9.78. The molecule has 1 amide bonds. The molecule has 8 nitrogen and oxygen atoms in total. The van der Waals surface area contributed by atoms with Crippen molar-refractivity contribution in [1.29, 1.82) is 0 Å². The molecule has 0 aliphatic heterocycles. The van der Waals surface area contributed by atoms with Gasteiger partial charge in [-0.25, -0.2) is 4.79 Å². The van der Waals surface area contributed by atoms with Crippen molar-refractivity contribution in [3.05, 3.63) is 29.8 Å². The lowest BCUT2D eigenvalue weighted by Crippen LogP contribution is -2.42. The van der Waals surface area contributed by atoms with Gasteiger partial charge >= 0.3 is 11.9 Å². The van der Waals surface area contributed by atoms with Crippen LogP contribution in [0.25, 0.3) is 0 Å². The van der Waals surface area contributed by atoms with Gasteiger partial charge in [0, 0.05) is 17.7 Å². The van der Waals surface area contributed by atoms with Gasteiger partial charge < -0.3 is 24.9 Å². The highest BCUT2D eigenvalue weighted by Crippen LogP contribution is 2.10. The molecule has 2 N–H and O–H groups in total. The first-order valence-electron chi connectivity index (χ1n) is 8.42. The van der Waals surface area contributed by atoms with Crippen LogP contribution in [0.2, 0.25) is 0 Å². The molecule has 8 heteroatoms. The second kappa shape index (κ2) is 11.6. The molecule has 142 valence electrons. The van der Waals surface area contributed by atoms with Gasteiger partial charge in [-0.1, -0.05) is 0 Å². The van der Waals surface area contributed by atoms with Crippen molar-refractivity contribution >= 4 is 29.8 Å². The van der Waals surface area contributed by atoms with Crippen LogP contribution in [0.5, 0.6) is 0 Å². The number of amides is 1. The van der Waals surface area contributed by atoms with Crippen molar-refractivity contribution in [2.24, 2.45) is 0 Å². The van der Waals surface area contributed by atoms with E-state index in [9.17, 15) is 19.2 Å². The number of esters is 2. The number of carbonyl (C=O) groups excluding carboxylic acids is 4. The van der Waals surface area contributed by atoms with E-state index in [0.717, 1.165) is 6.29 Å². The van der Waals surface area contributed by atoms with Crippen LogP contribution in [-0.2, 0) is 23.9 Å². The average Bonchev–Trinajstić information content (AvgIpc) is 2.64. The fourth-order valence-electron chi connectivity index (χ4n) is 2.13. The summed E-state index contributed by atoms with van der Waals surface area (Å²) in [5, 5.41) is 5.44. The van der Waals surface area contributed by atoms with E-state index in [4.69, 9.17) is 9.47 Å². The van der Waals surface area contributed by atoms with Gasteiger partial charge in [0.25, 0.3) is 5.91 Å². The minimum absolute atomic E-state index is 0.00778. The Labute approximate surface area is 152 Å². The molecule has 0 aromatic heterocycles. The Kier molecular flexibility index (Phi) is 9.45. The quantitative estimate of drug-likeness (QED) is 0.450. The number of benzene rings is 1. The standard InChI is InChI=1S/C18H24N2O6/c1-3-25-16(22)10-9-15(18(24)26-4-2)20-17(23)13-5-7-14(8-6-13)19-11-12-21/h5-8,12,15,19H,3-4,9-11H2,1-2H3,(H,20,23)/t15-/m0/s1. The van der Waals surface area contributed by atoms with E-state index in [0.29, 0.717) is 11.3 Å². The smallest absolute Gasteiger partial charge is 0.328 e. The molecular formula is C18H24N2O6. The van der Waals surface area contributed by atoms with Crippen molar-refractivity contribution in [2.45, 2.75) is 32.7 Å². The van der Waals surface area contributed by atoms with Crippen LogP contribution in [-0.4, -0.2) is 49.9 Å². The molecule has 1 rings (SSSR count). The van der Waals surface area contributed by atoms with E-state index >= 15 is 0 Å². The fourth-order valence-corrected chi connectivity index (χ4v) is 2.13. The molecule has 0 aliphatic carbocycles. The molecule has 0 fully saturated rings. The molecular weight excluding hydrogens is 340 g/mol. The number of rotatable bonds is 11. The molecule has 0 saturated carbocycles. The predicted molar refractivity (Wildman–Crippen MR) is 94.7 cm³/mol. The van der Waals surface area contributed by atoms with Crippen LogP contribution in [0, 0.1) is 0 Å². The molecule has 0 unspecified atom stereocenters. The van der Waals surface area contributed by atoms with Gasteiger partial charge in [0.1, 0.15) is 12.3 Å². The minimum Gasteiger partial charge on any atom is -0.466 e. The molecule has 0 radical (unpaired) electrons. The third-order valence-corrected chi connectivity index (χ3v) is 3.36. The predicted octanol–water partition coefficient (Wildman–Crippen LogP) is 1.30. The first-order chi connectivity index (χ1) is 12.5. The zero-order chi connectivity index (χ0) is 19.4. The lowest BCUT2D eigenvalue weighted by atomic mass is 10.1. The molecule has 0 saturated heterocycles. The third kappa shape index (κ3) is 7.33. The van der Waals surface area contributed by atoms with Gasteiger partial charge in [-0.15, -0.1) is 0 Å². The summed E-state index contributed by atoms with van der Waals surface area (Å²) in [6.07, 6.45) is 0.808. The Bertz CT molecular complexity index is 615. The number of hydrogen-bond acceptors (Lipinski definition) is 7. The summed E-state index contributed by atoms with van der Waals surface area (Å²) in [6.45, 7) is 3.94. The summed E-state index contributed by atoms with van der Waals surface area (Å²) in [5.74, 6) is -1.51. The van der Waals surface area contributed by atoms with Crippen molar-refractivity contribution in [1.82, 2.24) is 5.32 Å². The highest BCUT2D eigenvalue weighted by molar-refractivity contribution is 5.97. The second-order valence-corrected chi connectivity index (χ2v) is 5.25. The highest BCUT2D eigenvalue weighted by atomic mass is 16.5. The van der Waals surface area contributed by atoms with Gasteiger partial charge in [-0.2, -0.15) is 0 Å². The minimum atomic E-state index is -0.945. The van der Waals surface area contributed by atoms with E-state index < -0.39 is 23.9 Å². The number of nitrogens with one attached hydrogen (secondary N) is 2. The number of ether oxygens (including phenoxy) is 2. The van der Waals surface area contributed by atoms with Crippen molar-refractivity contribution in [3.8, 4) is 0 Å². The van der Waals surface area contributed by atoms with Crippen molar-refractivity contribution < 1.29 is 28.7 Å². The topological polar surface area (TPSA) is 111 Å². The second-order valence-electron chi connectivity index (χ2n) is 5.25. The van der Waals surface area contributed by atoms with Crippen LogP contribution in [0.3, 0.4) is 0 Å². The zero-order valence-corrected chi connectivity index (χ0v) is 14.9. The lowest BCUT2D eigenvalue weighted by molar-refractivity contribution is -0.146. The molecule has 0 aliphatic rings. The van der Waals surface area contributed by atoms with Gasteiger partial charge in [-0.3, -0.25) is 9.59 Å². The van der Waals surface area contributed by atoms with Gasteiger partial charge in [0.05, 0.1) is 19.8 Å². The molecule has 1 aromatic carbocycles. The SMILES string of the molecule is CCOC(=O)CC[C@H](NC(=O)c1ccc(NCC=O)cc1)C(=O)OCC. The monoisotopic (exact) mass is 364 g/mol. The van der Waals surface area contributed by atoms with Crippen LogP contribution >= 0.6 is 0 Å². The van der Waals surface area contributed by atoms with Gasteiger partial charge in [0.2, 0.25) is 0 Å². The molecule has 1 atom stereocenters. The van der Waals surface area contributed by atoms with Crippen LogP contribution in [0.1, 0.15) is 37.0 Å². The fraction of sp³-hybridized carbons (Fsp3) is 0.444. The van der Waals surface area contributed by atoms with E-state index in [1.807, 2.05) is 0 Å². The Morgan fingerprint density at radius 3 is 2.31 bits per heavy atom. The molecule has 0 bridgehead atoms. The highest BCUT2D eigenvalue weighted by Gasteiger charge is 2.23. The average molecular weight is 364 g/mol. The van der Waals surface area contributed by atoms with E-state index in [-0.39, 0.29) is 32.6 Å². The van der Waals surface area contributed by atoms with E-state index in [1.54, 1.807) is 38.1 Å². The summed E-state index contributed by atoms with van der Waals surface area (Å²) in [4.78, 5) is 46.2. The molecule has 0 heterocycles. The largest absolute Gasteiger partial charge is 0.466 e. The normalized spacial score (nSPS) is 11.2. The number of anilines is 1. The number of aldehydes is 1. The van der Waals surface area contributed by atoms with E-state index in [1.165, 1.54) is 0 Å². The molecule has 0 spiro atoms. The Morgan fingerprint density at radius 1 is 1.08 bits per heavy atom. The molecule has 26 heavy (non-hydrogen) atoms. The summed E-state index contributed by atoms with van der Waals surface area (Å²) in [7, 11) is 0. The maximum atomic E-state index is 12.3. The van der Waals surface area contributed by atoms with Crippen LogP contribution < -0.4 is 10.6 Å². The van der Waals surface area contributed by atoms with Gasteiger partial charge in [0.15, 0.2) is 0 Å². The van der Waals surface area contributed by atoms with Crippen LogP contribution in [0.15, 0.2) is 24.3 Å². The van der Waals surface area contributed by atoms with E-state index in [2.05, 4.69) is 10.6 Å².